The van der Waals surface area contributed by atoms with Gasteiger partial charge < -0.3 is 23.7 Å². The zero-order chi connectivity index (χ0) is 19.6. The summed E-state index contributed by atoms with van der Waals surface area (Å²) in [4.78, 5) is 11.8. The van der Waals surface area contributed by atoms with E-state index in [9.17, 15) is 4.79 Å². The Bertz CT molecular complexity index is 761. The second-order valence-corrected chi connectivity index (χ2v) is 6.18. The van der Waals surface area contributed by atoms with E-state index < -0.39 is 5.97 Å². The third-order valence-corrected chi connectivity index (χ3v) is 4.04. The molecule has 0 N–H and O–H groups in total. The van der Waals surface area contributed by atoms with Gasteiger partial charge in [0, 0.05) is 10.5 Å². The smallest absolute Gasteiger partial charge is 0.330 e. The maximum Gasteiger partial charge on any atom is 0.330 e. The van der Waals surface area contributed by atoms with Crippen molar-refractivity contribution in [1.82, 2.24) is 0 Å². The molecule has 0 aromatic heterocycles. The molecule has 0 aliphatic carbocycles. The van der Waals surface area contributed by atoms with Gasteiger partial charge in [-0.05, 0) is 48.0 Å². The van der Waals surface area contributed by atoms with E-state index in [0.717, 1.165) is 4.47 Å². The molecule has 0 saturated carbocycles. The molecule has 27 heavy (non-hydrogen) atoms. The maximum absolute atomic E-state index is 11.8. The number of hydrogen-bond acceptors (Lipinski definition) is 6. The first-order valence-corrected chi connectivity index (χ1v) is 8.90. The van der Waals surface area contributed by atoms with Gasteiger partial charge >= 0.3 is 5.97 Å². The first-order valence-electron chi connectivity index (χ1n) is 8.10. The van der Waals surface area contributed by atoms with Crippen LogP contribution in [0.25, 0.3) is 6.08 Å². The van der Waals surface area contributed by atoms with Crippen LogP contribution >= 0.6 is 15.9 Å². The van der Waals surface area contributed by atoms with E-state index in [4.69, 9.17) is 23.7 Å². The van der Waals surface area contributed by atoms with E-state index in [1.165, 1.54) is 27.4 Å². The third kappa shape index (κ3) is 6.21. The predicted octanol–water partition coefficient (Wildman–Crippen LogP) is 4.11. The monoisotopic (exact) mass is 436 g/mol. The van der Waals surface area contributed by atoms with Gasteiger partial charge in [-0.15, -0.1) is 0 Å². The van der Waals surface area contributed by atoms with E-state index in [2.05, 4.69) is 15.9 Å². The van der Waals surface area contributed by atoms with Crippen LogP contribution in [0.1, 0.15) is 5.56 Å². The van der Waals surface area contributed by atoms with Crippen molar-refractivity contribution in [1.29, 1.82) is 0 Å². The fourth-order valence-corrected chi connectivity index (χ4v) is 2.51. The van der Waals surface area contributed by atoms with E-state index in [1.807, 2.05) is 24.3 Å². The molecule has 0 aliphatic heterocycles. The van der Waals surface area contributed by atoms with E-state index in [0.29, 0.717) is 28.6 Å². The molecule has 0 bridgehead atoms. The molecule has 0 spiro atoms. The number of esters is 1. The minimum Gasteiger partial charge on any atom is -0.493 e. The second kappa shape index (κ2) is 10.5. The Kier molecular flexibility index (Phi) is 8.00. The molecule has 2 aromatic carbocycles. The van der Waals surface area contributed by atoms with Gasteiger partial charge in [-0.3, -0.25) is 0 Å². The number of carbonyl (C=O) groups is 1. The van der Waals surface area contributed by atoms with Crippen LogP contribution in [0.2, 0.25) is 0 Å². The number of hydrogen-bond donors (Lipinski definition) is 0. The van der Waals surface area contributed by atoms with E-state index in [1.54, 1.807) is 18.2 Å². The van der Waals surface area contributed by atoms with E-state index >= 15 is 0 Å². The highest BCUT2D eigenvalue weighted by atomic mass is 79.9. The molecule has 0 saturated heterocycles. The predicted molar refractivity (Wildman–Crippen MR) is 106 cm³/mol. The minimum atomic E-state index is -0.469. The van der Waals surface area contributed by atoms with Gasteiger partial charge in [0.2, 0.25) is 5.75 Å². The Labute approximate surface area is 166 Å². The summed E-state index contributed by atoms with van der Waals surface area (Å²) >= 11 is 3.35. The van der Waals surface area contributed by atoms with Crippen molar-refractivity contribution in [3.8, 4) is 23.0 Å². The second-order valence-electron chi connectivity index (χ2n) is 5.26. The molecule has 0 fully saturated rings. The molecule has 7 heteroatoms. The SMILES string of the molecule is COc1cc(C=CC(=O)OCCOc2ccc(Br)cc2)cc(OC)c1OC. The van der Waals surface area contributed by atoms with Gasteiger partial charge in [0.1, 0.15) is 19.0 Å². The summed E-state index contributed by atoms with van der Waals surface area (Å²) in [5, 5.41) is 0. The number of halogens is 1. The Balaban J connectivity index is 1.87. The van der Waals surface area contributed by atoms with Crippen molar-refractivity contribution >= 4 is 28.0 Å². The maximum atomic E-state index is 11.8. The fraction of sp³-hybridized carbons (Fsp3) is 0.250. The quantitative estimate of drug-likeness (QED) is 0.334. The molecule has 0 aliphatic rings. The molecule has 2 aromatic rings. The summed E-state index contributed by atoms with van der Waals surface area (Å²) in [7, 11) is 4.60. The topological polar surface area (TPSA) is 63.2 Å². The average molecular weight is 437 g/mol. The normalized spacial score (nSPS) is 10.5. The zero-order valence-corrected chi connectivity index (χ0v) is 16.9. The Morgan fingerprint density at radius 1 is 0.963 bits per heavy atom. The van der Waals surface area contributed by atoms with Crippen molar-refractivity contribution in [2.24, 2.45) is 0 Å². The van der Waals surface area contributed by atoms with Crippen LogP contribution in [-0.4, -0.2) is 40.5 Å². The fourth-order valence-electron chi connectivity index (χ4n) is 2.24. The molecular weight excluding hydrogens is 416 g/mol. The van der Waals surface area contributed by atoms with Gasteiger partial charge in [0.25, 0.3) is 0 Å². The van der Waals surface area contributed by atoms with E-state index in [-0.39, 0.29) is 13.2 Å². The molecule has 0 atom stereocenters. The number of ether oxygens (including phenoxy) is 5. The van der Waals surface area contributed by atoms with Gasteiger partial charge in [0.05, 0.1) is 21.3 Å². The van der Waals surface area contributed by atoms with Crippen LogP contribution in [0.3, 0.4) is 0 Å². The summed E-state index contributed by atoms with van der Waals surface area (Å²) in [6.45, 7) is 0.417. The van der Waals surface area contributed by atoms with Crippen molar-refractivity contribution in [2.45, 2.75) is 0 Å². The third-order valence-electron chi connectivity index (χ3n) is 3.51. The lowest BCUT2D eigenvalue weighted by molar-refractivity contribution is -0.138. The first kappa shape index (κ1) is 20.6. The summed E-state index contributed by atoms with van der Waals surface area (Å²) < 4.78 is 27.4. The lowest BCUT2D eigenvalue weighted by Gasteiger charge is -2.12. The Hall–Kier alpha value is -2.67. The first-order chi connectivity index (χ1) is 13.1. The number of benzene rings is 2. The lowest BCUT2D eigenvalue weighted by atomic mass is 10.1. The number of carbonyl (C=O) groups excluding carboxylic acids is 1. The van der Waals surface area contributed by atoms with Crippen LogP contribution in [-0.2, 0) is 9.53 Å². The summed E-state index contributed by atoms with van der Waals surface area (Å²) in [5.74, 6) is 1.75. The standard InChI is InChI=1S/C20H21BrO6/c1-23-17-12-14(13-18(24-2)20(17)25-3)4-9-19(22)27-11-10-26-16-7-5-15(21)6-8-16/h4-9,12-13H,10-11H2,1-3H3. The van der Waals surface area contributed by atoms with Gasteiger partial charge in [-0.25, -0.2) is 4.79 Å². The molecule has 0 radical (unpaired) electrons. The molecule has 0 amide bonds. The average Bonchev–Trinajstić information content (AvgIpc) is 2.70. The van der Waals surface area contributed by atoms with Crippen LogP contribution < -0.4 is 18.9 Å². The molecule has 2 rings (SSSR count). The Morgan fingerprint density at radius 3 is 2.15 bits per heavy atom. The molecule has 0 heterocycles. The molecule has 0 unspecified atom stereocenters. The number of methoxy groups -OCH3 is 3. The van der Waals surface area contributed by atoms with Gasteiger partial charge in [-0.1, -0.05) is 15.9 Å². The van der Waals surface area contributed by atoms with Crippen molar-refractivity contribution in [2.75, 3.05) is 34.5 Å². The number of rotatable bonds is 9. The van der Waals surface area contributed by atoms with Crippen molar-refractivity contribution in [3.63, 3.8) is 0 Å². The largest absolute Gasteiger partial charge is 0.493 e. The highest BCUT2D eigenvalue weighted by molar-refractivity contribution is 9.10. The minimum absolute atomic E-state index is 0.147. The Morgan fingerprint density at radius 2 is 1.59 bits per heavy atom. The van der Waals surface area contributed by atoms with Gasteiger partial charge in [-0.2, -0.15) is 0 Å². The van der Waals surface area contributed by atoms with Crippen LogP contribution in [0.15, 0.2) is 46.9 Å². The van der Waals surface area contributed by atoms with Crippen LogP contribution in [0, 0.1) is 0 Å². The summed E-state index contributed by atoms with van der Waals surface area (Å²) in [5.41, 5.74) is 0.715. The highest BCUT2D eigenvalue weighted by Gasteiger charge is 2.12. The van der Waals surface area contributed by atoms with Crippen molar-refractivity contribution in [3.05, 3.63) is 52.5 Å². The zero-order valence-electron chi connectivity index (χ0n) is 15.4. The molecular formula is C20H21BrO6. The lowest BCUT2D eigenvalue weighted by Crippen LogP contribution is -2.10. The summed E-state index contributed by atoms with van der Waals surface area (Å²) in [6.07, 6.45) is 2.95. The summed E-state index contributed by atoms with van der Waals surface area (Å²) in [6, 6.07) is 10.9. The van der Waals surface area contributed by atoms with Gasteiger partial charge in [0.15, 0.2) is 11.5 Å². The molecule has 144 valence electrons. The van der Waals surface area contributed by atoms with Crippen molar-refractivity contribution < 1.29 is 28.5 Å². The van der Waals surface area contributed by atoms with Crippen LogP contribution in [0.4, 0.5) is 0 Å². The molecule has 6 nitrogen and oxygen atoms in total. The highest BCUT2D eigenvalue weighted by Crippen LogP contribution is 2.38. The van der Waals surface area contributed by atoms with Crippen LogP contribution in [0.5, 0.6) is 23.0 Å².